The number of nitrogens with zero attached hydrogens (tertiary/aromatic N) is 3. The highest BCUT2D eigenvalue weighted by Crippen LogP contribution is 2.04. The number of imidazole rings is 1. The minimum Gasteiger partial charge on any atom is -0.325 e. The first kappa shape index (κ1) is 11.3. The van der Waals surface area contributed by atoms with Crippen molar-refractivity contribution in [3.63, 3.8) is 0 Å². The highest BCUT2D eigenvalue weighted by Gasteiger charge is 2.05. The van der Waals surface area contributed by atoms with Crippen molar-refractivity contribution in [2.24, 2.45) is 0 Å². The van der Waals surface area contributed by atoms with Gasteiger partial charge in [-0.2, -0.15) is 0 Å². The van der Waals surface area contributed by atoms with Crippen molar-refractivity contribution in [2.75, 3.05) is 5.32 Å². The van der Waals surface area contributed by atoms with Crippen molar-refractivity contribution in [3.8, 4) is 0 Å². The van der Waals surface area contributed by atoms with Gasteiger partial charge in [-0.15, -0.1) is 0 Å². The molecule has 2 aromatic heterocycles. The minimum absolute atomic E-state index is 0.107. The van der Waals surface area contributed by atoms with Crippen LogP contribution in [-0.4, -0.2) is 20.4 Å². The zero-order valence-electron chi connectivity index (χ0n) is 9.84. The summed E-state index contributed by atoms with van der Waals surface area (Å²) in [5.74, 6) is 0.469. The molecule has 2 rings (SSSR count). The lowest BCUT2D eigenvalue weighted by molar-refractivity contribution is -0.116. The SMILES string of the molecule is Cc1cccc(NC(=O)Cn2cncc2C)n1. The van der Waals surface area contributed by atoms with Crippen molar-refractivity contribution in [1.29, 1.82) is 0 Å². The Balaban J connectivity index is 2.01. The first-order chi connectivity index (χ1) is 8.15. The zero-order valence-corrected chi connectivity index (χ0v) is 9.84. The lowest BCUT2D eigenvalue weighted by Crippen LogP contribution is -2.19. The van der Waals surface area contributed by atoms with E-state index < -0.39 is 0 Å². The number of rotatable bonds is 3. The number of hydrogen-bond acceptors (Lipinski definition) is 3. The minimum atomic E-state index is -0.107. The van der Waals surface area contributed by atoms with E-state index >= 15 is 0 Å². The van der Waals surface area contributed by atoms with E-state index in [9.17, 15) is 4.79 Å². The van der Waals surface area contributed by atoms with Crippen LogP contribution in [0.5, 0.6) is 0 Å². The Kier molecular flexibility index (Phi) is 3.18. The van der Waals surface area contributed by atoms with Gasteiger partial charge in [-0.25, -0.2) is 9.97 Å². The number of anilines is 1. The molecule has 0 radical (unpaired) electrons. The fourth-order valence-electron chi connectivity index (χ4n) is 1.50. The first-order valence-electron chi connectivity index (χ1n) is 5.35. The molecule has 0 aromatic carbocycles. The number of nitrogens with one attached hydrogen (secondary N) is 1. The van der Waals surface area contributed by atoms with Gasteiger partial charge in [0.25, 0.3) is 0 Å². The van der Waals surface area contributed by atoms with E-state index in [1.807, 2.05) is 26.0 Å². The van der Waals surface area contributed by atoms with E-state index in [2.05, 4.69) is 15.3 Å². The average Bonchev–Trinajstić information content (AvgIpc) is 2.64. The number of pyridine rings is 1. The number of carbonyl (C=O) groups excluding carboxylic acids is 1. The van der Waals surface area contributed by atoms with Crippen LogP contribution in [0.15, 0.2) is 30.7 Å². The molecule has 0 aliphatic carbocycles. The monoisotopic (exact) mass is 230 g/mol. The molecular formula is C12H14N4O. The molecule has 2 heterocycles. The lowest BCUT2D eigenvalue weighted by atomic mass is 10.3. The Hall–Kier alpha value is -2.17. The average molecular weight is 230 g/mol. The van der Waals surface area contributed by atoms with Crippen LogP contribution in [0.2, 0.25) is 0 Å². The van der Waals surface area contributed by atoms with E-state index in [-0.39, 0.29) is 12.5 Å². The fourth-order valence-corrected chi connectivity index (χ4v) is 1.50. The standard InChI is InChI=1S/C12H14N4O/c1-9-4-3-5-11(14-9)15-12(17)7-16-8-13-6-10(16)2/h3-6,8H,7H2,1-2H3,(H,14,15,17). The molecule has 0 aliphatic heterocycles. The highest BCUT2D eigenvalue weighted by molar-refractivity contribution is 5.89. The summed E-state index contributed by atoms with van der Waals surface area (Å²) in [5.41, 5.74) is 1.83. The molecule has 0 aliphatic rings. The fraction of sp³-hybridized carbons (Fsp3) is 0.250. The van der Waals surface area contributed by atoms with E-state index in [0.717, 1.165) is 11.4 Å². The van der Waals surface area contributed by atoms with Crippen LogP contribution < -0.4 is 5.32 Å². The van der Waals surface area contributed by atoms with Gasteiger partial charge >= 0.3 is 0 Å². The quantitative estimate of drug-likeness (QED) is 0.870. The van der Waals surface area contributed by atoms with E-state index in [4.69, 9.17) is 0 Å². The Morgan fingerprint density at radius 2 is 2.24 bits per heavy atom. The Morgan fingerprint density at radius 3 is 2.88 bits per heavy atom. The Morgan fingerprint density at radius 1 is 1.41 bits per heavy atom. The number of aryl methyl sites for hydroxylation is 2. The number of hydrogen-bond donors (Lipinski definition) is 1. The van der Waals surface area contributed by atoms with Gasteiger partial charge in [0, 0.05) is 17.6 Å². The predicted molar refractivity (Wildman–Crippen MR) is 64.6 cm³/mol. The molecule has 2 aromatic rings. The van der Waals surface area contributed by atoms with E-state index in [1.165, 1.54) is 0 Å². The maximum Gasteiger partial charge on any atom is 0.245 e. The Bertz CT molecular complexity index is 533. The summed E-state index contributed by atoms with van der Waals surface area (Å²) in [6, 6.07) is 5.52. The van der Waals surface area contributed by atoms with E-state index in [0.29, 0.717) is 5.82 Å². The van der Waals surface area contributed by atoms with Crippen LogP contribution >= 0.6 is 0 Å². The topological polar surface area (TPSA) is 59.8 Å². The molecule has 5 heteroatoms. The van der Waals surface area contributed by atoms with Gasteiger partial charge in [0.1, 0.15) is 12.4 Å². The Labute approximate surface area is 99.5 Å². The van der Waals surface area contributed by atoms with Gasteiger partial charge < -0.3 is 9.88 Å². The molecular weight excluding hydrogens is 216 g/mol. The van der Waals surface area contributed by atoms with Gasteiger partial charge in [-0.3, -0.25) is 4.79 Å². The van der Waals surface area contributed by atoms with Crippen LogP contribution in [0.4, 0.5) is 5.82 Å². The third kappa shape index (κ3) is 2.90. The third-order valence-electron chi connectivity index (χ3n) is 2.39. The maximum atomic E-state index is 11.7. The van der Waals surface area contributed by atoms with Gasteiger partial charge in [0.05, 0.1) is 6.33 Å². The normalized spacial score (nSPS) is 10.2. The van der Waals surface area contributed by atoms with Gasteiger partial charge in [-0.1, -0.05) is 6.07 Å². The first-order valence-corrected chi connectivity index (χ1v) is 5.35. The second-order valence-corrected chi connectivity index (χ2v) is 3.88. The molecule has 0 fully saturated rings. The molecule has 1 N–H and O–H groups in total. The summed E-state index contributed by atoms with van der Waals surface area (Å²) in [5, 5.41) is 2.75. The lowest BCUT2D eigenvalue weighted by Gasteiger charge is -2.06. The summed E-state index contributed by atoms with van der Waals surface area (Å²) in [4.78, 5) is 19.9. The summed E-state index contributed by atoms with van der Waals surface area (Å²) in [7, 11) is 0. The van der Waals surface area contributed by atoms with Gasteiger partial charge in [0.15, 0.2) is 0 Å². The molecule has 17 heavy (non-hydrogen) atoms. The third-order valence-corrected chi connectivity index (χ3v) is 2.39. The number of carbonyl (C=O) groups is 1. The van der Waals surface area contributed by atoms with Gasteiger partial charge in [-0.05, 0) is 26.0 Å². The maximum absolute atomic E-state index is 11.7. The molecule has 5 nitrogen and oxygen atoms in total. The largest absolute Gasteiger partial charge is 0.325 e. The summed E-state index contributed by atoms with van der Waals surface area (Å²) >= 11 is 0. The van der Waals surface area contributed by atoms with Crippen LogP contribution in [0, 0.1) is 13.8 Å². The van der Waals surface area contributed by atoms with Crippen molar-refractivity contribution in [1.82, 2.24) is 14.5 Å². The summed E-state index contributed by atoms with van der Waals surface area (Å²) < 4.78 is 1.78. The van der Waals surface area contributed by atoms with Crippen LogP contribution in [0.3, 0.4) is 0 Å². The van der Waals surface area contributed by atoms with Crippen LogP contribution in [-0.2, 0) is 11.3 Å². The van der Waals surface area contributed by atoms with Gasteiger partial charge in [0.2, 0.25) is 5.91 Å². The second-order valence-electron chi connectivity index (χ2n) is 3.88. The summed E-state index contributed by atoms with van der Waals surface area (Å²) in [6.07, 6.45) is 3.36. The second kappa shape index (κ2) is 4.78. The van der Waals surface area contributed by atoms with E-state index in [1.54, 1.807) is 23.2 Å². The van der Waals surface area contributed by atoms with Crippen molar-refractivity contribution < 1.29 is 4.79 Å². The molecule has 1 amide bonds. The van der Waals surface area contributed by atoms with Crippen molar-refractivity contribution >= 4 is 11.7 Å². The number of amides is 1. The van der Waals surface area contributed by atoms with Crippen LogP contribution in [0.1, 0.15) is 11.4 Å². The smallest absolute Gasteiger partial charge is 0.245 e. The number of aromatic nitrogens is 3. The molecule has 0 saturated heterocycles. The van der Waals surface area contributed by atoms with Crippen LogP contribution in [0.25, 0.3) is 0 Å². The van der Waals surface area contributed by atoms with Crippen molar-refractivity contribution in [3.05, 3.63) is 42.1 Å². The molecule has 0 unspecified atom stereocenters. The predicted octanol–water partition coefficient (Wildman–Crippen LogP) is 1.53. The summed E-state index contributed by atoms with van der Waals surface area (Å²) in [6.45, 7) is 4.04. The molecule has 88 valence electrons. The molecule has 0 atom stereocenters. The highest BCUT2D eigenvalue weighted by atomic mass is 16.2. The van der Waals surface area contributed by atoms with Crippen molar-refractivity contribution in [2.45, 2.75) is 20.4 Å². The molecule has 0 spiro atoms. The zero-order chi connectivity index (χ0) is 12.3. The molecule has 0 saturated carbocycles. The molecule has 0 bridgehead atoms.